The van der Waals surface area contributed by atoms with Gasteiger partial charge >= 0.3 is 0 Å². The highest BCUT2D eigenvalue weighted by atomic mass is 19.3. The normalized spacial score (nSPS) is 11.5. The van der Waals surface area contributed by atoms with Crippen molar-refractivity contribution in [3.8, 4) is 0 Å². The van der Waals surface area contributed by atoms with Gasteiger partial charge in [0.2, 0.25) is 0 Å². The highest BCUT2D eigenvalue weighted by molar-refractivity contribution is 6.07. The monoisotopic (exact) mass is 229 g/mol. The van der Waals surface area contributed by atoms with E-state index in [9.17, 15) is 8.78 Å². The highest BCUT2D eigenvalue weighted by Gasteiger charge is 2.13. The van der Waals surface area contributed by atoms with Crippen LogP contribution in [0.1, 0.15) is 12.0 Å². The molecule has 1 aromatic heterocycles. The molecular formula is C14H9F2N. The van der Waals surface area contributed by atoms with Crippen molar-refractivity contribution in [1.82, 2.24) is 4.98 Å². The summed E-state index contributed by atoms with van der Waals surface area (Å²) >= 11 is 0. The van der Waals surface area contributed by atoms with Gasteiger partial charge in [0.15, 0.2) is 0 Å². The van der Waals surface area contributed by atoms with Gasteiger partial charge in [0.05, 0.1) is 5.52 Å². The lowest BCUT2D eigenvalue weighted by Crippen LogP contribution is -1.90. The number of pyridine rings is 1. The molecule has 1 heterocycles. The van der Waals surface area contributed by atoms with Gasteiger partial charge in [-0.1, -0.05) is 36.4 Å². The Morgan fingerprint density at radius 2 is 1.76 bits per heavy atom. The molecule has 0 aliphatic heterocycles. The summed E-state index contributed by atoms with van der Waals surface area (Å²) in [6.45, 7) is 0. The molecule has 84 valence electrons. The second kappa shape index (κ2) is 3.77. The van der Waals surface area contributed by atoms with Crippen LogP contribution in [0.4, 0.5) is 8.78 Å². The van der Waals surface area contributed by atoms with Crippen LogP contribution < -0.4 is 0 Å². The van der Waals surface area contributed by atoms with Crippen molar-refractivity contribution in [3.63, 3.8) is 0 Å². The van der Waals surface area contributed by atoms with Crippen molar-refractivity contribution < 1.29 is 8.78 Å². The number of hydrogen-bond acceptors (Lipinski definition) is 1. The zero-order valence-corrected chi connectivity index (χ0v) is 8.90. The second-order valence-electron chi connectivity index (χ2n) is 3.89. The molecule has 0 aliphatic carbocycles. The van der Waals surface area contributed by atoms with Gasteiger partial charge in [0, 0.05) is 22.5 Å². The number of aromatic nitrogens is 1. The number of halogens is 2. The Labute approximate surface area is 96.7 Å². The molecule has 0 amide bonds. The molecule has 0 saturated heterocycles. The lowest BCUT2D eigenvalue weighted by Gasteiger charge is -2.08. The number of benzene rings is 2. The third kappa shape index (κ3) is 1.55. The number of alkyl halides is 2. The average molecular weight is 229 g/mol. The van der Waals surface area contributed by atoms with Gasteiger partial charge in [-0.3, -0.25) is 4.98 Å². The number of rotatable bonds is 1. The van der Waals surface area contributed by atoms with E-state index in [1.807, 2.05) is 24.3 Å². The lowest BCUT2D eigenvalue weighted by molar-refractivity contribution is 0.153. The van der Waals surface area contributed by atoms with E-state index in [1.165, 1.54) is 6.07 Å². The minimum Gasteiger partial charge on any atom is -0.256 e. The molecule has 0 radical (unpaired) electrons. The van der Waals surface area contributed by atoms with Crippen LogP contribution >= 0.6 is 0 Å². The average Bonchev–Trinajstić information content (AvgIpc) is 2.37. The molecule has 3 heteroatoms. The van der Waals surface area contributed by atoms with Crippen LogP contribution in [0.15, 0.2) is 48.7 Å². The fraction of sp³-hybridized carbons (Fsp3) is 0.0714. The van der Waals surface area contributed by atoms with E-state index in [-0.39, 0.29) is 5.56 Å². The summed E-state index contributed by atoms with van der Waals surface area (Å²) in [7, 11) is 0. The van der Waals surface area contributed by atoms with Crippen LogP contribution in [0.3, 0.4) is 0 Å². The van der Waals surface area contributed by atoms with Crippen molar-refractivity contribution >= 4 is 21.7 Å². The molecule has 0 unspecified atom stereocenters. The van der Waals surface area contributed by atoms with Crippen LogP contribution in [0.2, 0.25) is 0 Å². The summed E-state index contributed by atoms with van der Waals surface area (Å²) < 4.78 is 26.0. The Hall–Kier alpha value is -2.03. The smallest absolute Gasteiger partial charge is 0.256 e. The zero-order valence-electron chi connectivity index (χ0n) is 8.90. The molecule has 17 heavy (non-hydrogen) atoms. The Bertz CT molecular complexity index is 692. The van der Waals surface area contributed by atoms with E-state index in [2.05, 4.69) is 4.98 Å². The van der Waals surface area contributed by atoms with E-state index in [0.717, 1.165) is 10.8 Å². The van der Waals surface area contributed by atoms with Crippen molar-refractivity contribution in [2.45, 2.75) is 6.43 Å². The van der Waals surface area contributed by atoms with Gasteiger partial charge in [-0.05, 0) is 11.5 Å². The second-order valence-corrected chi connectivity index (χ2v) is 3.89. The van der Waals surface area contributed by atoms with Crippen molar-refractivity contribution in [2.24, 2.45) is 0 Å². The summed E-state index contributed by atoms with van der Waals surface area (Å²) in [6, 6.07) is 12.3. The van der Waals surface area contributed by atoms with Gasteiger partial charge in [-0.25, -0.2) is 8.78 Å². The summed E-state index contributed by atoms with van der Waals surface area (Å²) in [5.74, 6) is 0. The summed E-state index contributed by atoms with van der Waals surface area (Å²) in [6.07, 6.45) is -0.765. The maximum absolute atomic E-state index is 13.0. The first-order valence-electron chi connectivity index (χ1n) is 5.32. The summed E-state index contributed by atoms with van der Waals surface area (Å²) in [4.78, 5) is 4.22. The number of fused-ring (bicyclic) bond motifs is 3. The van der Waals surface area contributed by atoms with E-state index >= 15 is 0 Å². The first-order valence-corrected chi connectivity index (χ1v) is 5.32. The SMILES string of the molecule is FC(F)c1cccc2ncc3ccccc3c12. The molecule has 2 aromatic carbocycles. The fourth-order valence-corrected chi connectivity index (χ4v) is 2.12. The molecule has 0 fully saturated rings. The van der Waals surface area contributed by atoms with Gasteiger partial charge in [-0.15, -0.1) is 0 Å². The minimum atomic E-state index is -2.48. The molecule has 0 atom stereocenters. The highest BCUT2D eigenvalue weighted by Crippen LogP contribution is 2.31. The molecule has 0 aliphatic rings. The van der Waals surface area contributed by atoms with Crippen LogP contribution in [-0.2, 0) is 0 Å². The summed E-state index contributed by atoms with van der Waals surface area (Å²) in [5, 5.41) is 2.27. The third-order valence-electron chi connectivity index (χ3n) is 2.88. The lowest BCUT2D eigenvalue weighted by atomic mass is 10.0. The van der Waals surface area contributed by atoms with Gasteiger partial charge in [-0.2, -0.15) is 0 Å². The van der Waals surface area contributed by atoms with Crippen molar-refractivity contribution in [1.29, 1.82) is 0 Å². The molecule has 0 spiro atoms. The maximum atomic E-state index is 13.0. The summed E-state index contributed by atoms with van der Waals surface area (Å²) in [5.41, 5.74) is 0.660. The topological polar surface area (TPSA) is 12.9 Å². The molecule has 1 nitrogen and oxygen atoms in total. The first-order chi connectivity index (χ1) is 8.27. The standard InChI is InChI=1S/C14H9F2N/c15-14(16)11-6-3-7-12-13(11)10-5-2-1-4-9(10)8-17-12/h1-8,14H. The van der Waals surface area contributed by atoms with E-state index < -0.39 is 6.43 Å². The van der Waals surface area contributed by atoms with Gasteiger partial charge < -0.3 is 0 Å². The minimum absolute atomic E-state index is 0.0480. The van der Waals surface area contributed by atoms with Crippen LogP contribution in [-0.4, -0.2) is 4.98 Å². The molecule has 0 bridgehead atoms. The van der Waals surface area contributed by atoms with Gasteiger partial charge in [0.25, 0.3) is 6.43 Å². The Morgan fingerprint density at radius 3 is 2.59 bits per heavy atom. The predicted octanol–water partition coefficient (Wildman–Crippen LogP) is 4.33. The van der Waals surface area contributed by atoms with Crippen molar-refractivity contribution in [2.75, 3.05) is 0 Å². The number of nitrogens with zero attached hydrogens (tertiary/aromatic N) is 1. The molecule has 3 aromatic rings. The Morgan fingerprint density at radius 1 is 0.941 bits per heavy atom. The largest absolute Gasteiger partial charge is 0.264 e. The Kier molecular flexibility index (Phi) is 2.25. The number of hydrogen-bond donors (Lipinski definition) is 0. The van der Waals surface area contributed by atoms with Crippen LogP contribution in [0.5, 0.6) is 0 Å². The van der Waals surface area contributed by atoms with Crippen molar-refractivity contribution in [3.05, 3.63) is 54.2 Å². The third-order valence-corrected chi connectivity index (χ3v) is 2.88. The molecule has 0 saturated carbocycles. The van der Waals surface area contributed by atoms with E-state index in [4.69, 9.17) is 0 Å². The maximum Gasteiger partial charge on any atom is 0.264 e. The Balaban J connectivity index is 2.54. The van der Waals surface area contributed by atoms with Crippen LogP contribution in [0, 0.1) is 0 Å². The quantitative estimate of drug-likeness (QED) is 0.566. The predicted molar refractivity (Wildman–Crippen MR) is 64.2 cm³/mol. The van der Waals surface area contributed by atoms with E-state index in [1.54, 1.807) is 18.3 Å². The van der Waals surface area contributed by atoms with Gasteiger partial charge in [0.1, 0.15) is 0 Å². The molecular weight excluding hydrogens is 220 g/mol. The van der Waals surface area contributed by atoms with E-state index in [0.29, 0.717) is 10.9 Å². The molecule has 0 N–H and O–H groups in total. The first kappa shape index (κ1) is 10.1. The zero-order chi connectivity index (χ0) is 11.8. The fourth-order valence-electron chi connectivity index (χ4n) is 2.12. The van der Waals surface area contributed by atoms with Crippen LogP contribution in [0.25, 0.3) is 21.7 Å². The molecule has 3 rings (SSSR count).